The molecule has 1 aliphatic rings. The van der Waals surface area contributed by atoms with Crippen molar-refractivity contribution in [3.63, 3.8) is 0 Å². The van der Waals surface area contributed by atoms with Crippen molar-refractivity contribution in [3.05, 3.63) is 32.6 Å². The number of aromatic nitrogens is 2. The topological polar surface area (TPSA) is 154 Å². The monoisotopic (exact) mass is 403 g/mol. The fourth-order valence-corrected chi connectivity index (χ4v) is 3.77. The molecular formula is C16H26N3O7P. The summed E-state index contributed by atoms with van der Waals surface area (Å²) < 4.78 is 6.71. The summed E-state index contributed by atoms with van der Waals surface area (Å²) in [4.78, 5) is 36.7. The van der Waals surface area contributed by atoms with Gasteiger partial charge in [-0.25, -0.2) is 4.79 Å². The van der Waals surface area contributed by atoms with Gasteiger partial charge in [-0.2, -0.15) is 0 Å². The third kappa shape index (κ3) is 5.63. The van der Waals surface area contributed by atoms with E-state index in [0.717, 1.165) is 10.7 Å². The second-order valence-corrected chi connectivity index (χ2v) is 11.6. The van der Waals surface area contributed by atoms with E-state index in [-0.39, 0.29) is 18.7 Å². The zero-order valence-electron chi connectivity index (χ0n) is 15.3. The molecule has 2 heterocycles. The van der Waals surface area contributed by atoms with E-state index in [2.05, 4.69) is 16.6 Å². The summed E-state index contributed by atoms with van der Waals surface area (Å²) >= 11 is 0. The molecule has 1 aliphatic heterocycles. The lowest BCUT2D eigenvalue weighted by Gasteiger charge is -2.19. The highest BCUT2D eigenvalue weighted by Gasteiger charge is 2.44. The van der Waals surface area contributed by atoms with Gasteiger partial charge in [-0.15, -0.1) is 13.2 Å². The van der Waals surface area contributed by atoms with Gasteiger partial charge in [0.15, 0.2) is 6.23 Å². The third-order valence-corrected chi connectivity index (χ3v) is 5.73. The average Bonchev–Trinajstić information content (AvgIpc) is 2.82. The number of ether oxygens (including phenoxy) is 1. The van der Waals surface area contributed by atoms with Crippen molar-refractivity contribution in [1.29, 1.82) is 0 Å². The fraction of sp³-hybridized carbons (Fsp3) is 0.625. The molecule has 0 aliphatic carbocycles. The number of nitrogens with one attached hydrogen (secondary N) is 2. The second kappa shape index (κ2) is 8.53. The largest absolute Gasteiger partial charge is 0.480 e. The Labute approximate surface area is 155 Å². The van der Waals surface area contributed by atoms with E-state index >= 15 is 0 Å². The molecule has 0 amide bonds. The number of carboxylic acid groups (broad SMARTS) is 1. The maximum Gasteiger partial charge on any atom is 0.330 e. The molecule has 4 atom stereocenters. The Bertz CT molecular complexity index is 843. The number of hydrogen-bond donors (Lipinski definition) is 5. The van der Waals surface area contributed by atoms with Crippen LogP contribution in [0.1, 0.15) is 18.2 Å². The van der Waals surface area contributed by atoms with Crippen LogP contribution in [0.15, 0.2) is 15.8 Å². The Hall–Kier alpha value is -1.71. The van der Waals surface area contributed by atoms with E-state index in [9.17, 15) is 24.6 Å². The van der Waals surface area contributed by atoms with E-state index in [1.165, 1.54) is 6.20 Å². The minimum atomic E-state index is -1.35. The number of carboxylic acids is 1. The van der Waals surface area contributed by atoms with Crippen molar-refractivity contribution < 1.29 is 24.9 Å². The maximum atomic E-state index is 12.2. The smallest absolute Gasteiger partial charge is 0.330 e. The molecule has 0 unspecified atom stereocenters. The number of nitrogens with zero attached hydrogens (tertiary/aromatic N) is 1. The molecular weight excluding hydrogens is 377 g/mol. The standard InChI is InChI=1S/C16H26N3O7P/c1-27(2,3)5-4-10-12(22)13(23)15(26-10)19-8-9(6-17-7-11(20)21)14(24)18-16(19)25/h8,10,12-13,15,17,22-23H,1,4-7H2,2-3H3,(H,20,21)(H,18,24,25)/t10-,12-,13-,15-/m1/s1. The Kier molecular flexibility index (Phi) is 6.82. The highest BCUT2D eigenvalue weighted by Crippen LogP contribution is 2.39. The van der Waals surface area contributed by atoms with E-state index < -0.39 is 48.6 Å². The third-order valence-electron chi connectivity index (χ3n) is 4.26. The van der Waals surface area contributed by atoms with E-state index in [1.54, 1.807) is 0 Å². The minimum absolute atomic E-state index is 0.0864. The molecule has 10 nitrogen and oxygen atoms in total. The molecule has 0 spiro atoms. The molecule has 5 N–H and O–H groups in total. The van der Waals surface area contributed by atoms with Gasteiger partial charge >= 0.3 is 11.7 Å². The van der Waals surface area contributed by atoms with Crippen LogP contribution in [-0.2, 0) is 16.1 Å². The number of hydrogen-bond acceptors (Lipinski definition) is 7. The first-order valence-corrected chi connectivity index (χ1v) is 11.5. The quantitative estimate of drug-likeness (QED) is 0.326. The first kappa shape index (κ1) is 21.6. The molecule has 2 rings (SSSR count). The minimum Gasteiger partial charge on any atom is -0.480 e. The van der Waals surface area contributed by atoms with Crippen molar-refractivity contribution in [2.75, 3.05) is 26.0 Å². The van der Waals surface area contributed by atoms with Crippen molar-refractivity contribution in [2.24, 2.45) is 0 Å². The summed E-state index contributed by atoms with van der Waals surface area (Å²) in [6.07, 6.45) is 2.22. The first-order valence-electron chi connectivity index (χ1n) is 8.45. The zero-order chi connectivity index (χ0) is 20.4. The molecule has 0 radical (unpaired) electrons. The molecule has 1 fully saturated rings. The summed E-state index contributed by atoms with van der Waals surface area (Å²) in [5, 5.41) is 31.8. The Morgan fingerprint density at radius 1 is 1.37 bits per heavy atom. The molecule has 1 aromatic rings. The van der Waals surface area contributed by atoms with E-state index in [0.29, 0.717) is 6.42 Å². The van der Waals surface area contributed by atoms with Gasteiger partial charge in [-0.05, 0) is 25.9 Å². The van der Waals surface area contributed by atoms with Gasteiger partial charge in [0.05, 0.1) is 12.6 Å². The summed E-state index contributed by atoms with van der Waals surface area (Å²) in [7, 11) is 0. The van der Waals surface area contributed by atoms with Crippen LogP contribution in [-0.4, -0.2) is 81.5 Å². The average molecular weight is 403 g/mol. The van der Waals surface area contributed by atoms with Crippen LogP contribution >= 0.6 is 6.89 Å². The van der Waals surface area contributed by atoms with E-state index in [4.69, 9.17) is 9.84 Å². The van der Waals surface area contributed by atoms with Gasteiger partial charge < -0.3 is 25.4 Å². The Balaban J connectivity index is 2.21. The van der Waals surface area contributed by atoms with Crippen LogP contribution < -0.4 is 16.6 Å². The molecule has 0 saturated carbocycles. The summed E-state index contributed by atoms with van der Waals surface area (Å²) in [5.74, 6) is -1.09. The number of aromatic amines is 1. The van der Waals surface area contributed by atoms with Gasteiger partial charge in [0, 0.05) is 18.3 Å². The molecule has 1 saturated heterocycles. The lowest BCUT2D eigenvalue weighted by molar-refractivity contribution is -0.136. The van der Waals surface area contributed by atoms with Crippen LogP contribution in [0, 0.1) is 0 Å². The van der Waals surface area contributed by atoms with Gasteiger partial charge in [-0.1, -0.05) is 0 Å². The highest BCUT2D eigenvalue weighted by molar-refractivity contribution is 7.72. The van der Waals surface area contributed by atoms with Crippen molar-refractivity contribution in [1.82, 2.24) is 14.9 Å². The summed E-state index contributed by atoms with van der Waals surface area (Å²) in [6, 6.07) is 0. The molecule has 0 bridgehead atoms. The Morgan fingerprint density at radius 3 is 2.63 bits per heavy atom. The lowest BCUT2D eigenvalue weighted by atomic mass is 10.1. The normalized spacial score (nSPS) is 25.6. The molecule has 27 heavy (non-hydrogen) atoms. The zero-order valence-corrected chi connectivity index (χ0v) is 16.2. The second-order valence-electron chi connectivity index (χ2n) is 7.31. The van der Waals surface area contributed by atoms with Gasteiger partial charge in [0.25, 0.3) is 5.56 Å². The predicted molar refractivity (Wildman–Crippen MR) is 102 cm³/mol. The van der Waals surface area contributed by atoms with Gasteiger partial charge in [-0.3, -0.25) is 19.1 Å². The molecule has 11 heteroatoms. The number of carbonyl (C=O) groups is 1. The van der Waals surface area contributed by atoms with Crippen molar-refractivity contribution in [3.8, 4) is 0 Å². The summed E-state index contributed by atoms with van der Waals surface area (Å²) in [6.45, 7) is 2.31. The Morgan fingerprint density at radius 2 is 2.04 bits per heavy atom. The predicted octanol–water partition coefficient (Wildman–Crippen LogP) is -1.57. The van der Waals surface area contributed by atoms with Crippen LogP contribution in [0.3, 0.4) is 0 Å². The van der Waals surface area contributed by atoms with Crippen LogP contribution in [0.25, 0.3) is 0 Å². The number of H-pyrrole nitrogens is 1. The molecule has 0 aromatic carbocycles. The highest BCUT2D eigenvalue weighted by atomic mass is 31.2. The summed E-state index contributed by atoms with van der Waals surface area (Å²) in [5.41, 5.74) is -1.35. The van der Waals surface area contributed by atoms with Crippen molar-refractivity contribution >= 4 is 19.2 Å². The van der Waals surface area contributed by atoms with E-state index in [1.807, 2.05) is 13.3 Å². The number of aliphatic carboxylic acids is 1. The number of aliphatic hydroxyl groups excluding tert-OH is 2. The number of rotatable bonds is 8. The first-order chi connectivity index (χ1) is 12.5. The van der Waals surface area contributed by atoms with Crippen molar-refractivity contribution in [2.45, 2.75) is 37.5 Å². The number of aliphatic hydroxyl groups is 2. The van der Waals surface area contributed by atoms with Crippen LogP contribution in [0.5, 0.6) is 0 Å². The molecule has 1 aromatic heterocycles. The van der Waals surface area contributed by atoms with Gasteiger partial charge in [0.2, 0.25) is 0 Å². The van der Waals surface area contributed by atoms with Gasteiger partial charge in [0.1, 0.15) is 12.2 Å². The van der Waals surface area contributed by atoms with Crippen LogP contribution in [0.4, 0.5) is 0 Å². The maximum absolute atomic E-state index is 12.2. The SMILES string of the molecule is C=P(C)(C)CC[C@H]1O[C@@H](n2cc(CNCC(=O)O)c(=O)[nH]c2=O)[C@H](O)[C@@H]1O. The lowest BCUT2D eigenvalue weighted by Crippen LogP contribution is -2.39. The molecule has 152 valence electrons. The van der Waals surface area contributed by atoms with Crippen LogP contribution in [0.2, 0.25) is 0 Å². The fourth-order valence-electron chi connectivity index (χ4n) is 2.82.